The molecular weight excluding hydrogens is 450 g/mol. The molecule has 0 amide bonds. The quantitative estimate of drug-likeness (QED) is 0.260. The van der Waals surface area contributed by atoms with Crippen molar-refractivity contribution in [3.63, 3.8) is 0 Å². The molecule has 0 fully saturated rings. The number of hydrogen-bond acceptors (Lipinski definition) is 0. The molecule has 3 rings (SSSR count). The molecule has 25 heavy (non-hydrogen) atoms. The fourth-order valence-electron chi connectivity index (χ4n) is 3.48. The zero-order chi connectivity index (χ0) is 17.0. The molecule has 0 unspecified atom stereocenters. The van der Waals surface area contributed by atoms with Gasteiger partial charge in [0.05, 0.1) is 13.9 Å². The Labute approximate surface area is 171 Å². The van der Waals surface area contributed by atoms with E-state index in [0.717, 1.165) is 0 Å². The van der Waals surface area contributed by atoms with Gasteiger partial charge >= 0.3 is 0 Å². The van der Waals surface area contributed by atoms with E-state index in [1.54, 1.807) is 0 Å². The van der Waals surface area contributed by atoms with Crippen molar-refractivity contribution in [3.8, 4) is 0 Å². The molecule has 0 atom stereocenters. The number of benzene rings is 3. The number of halogens is 1. The minimum atomic E-state index is -1.61. The van der Waals surface area contributed by atoms with Gasteiger partial charge in [0.2, 0.25) is 0 Å². The fourth-order valence-corrected chi connectivity index (χ4v) is 14.3. The topological polar surface area (TPSA) is 0 Å². The molecule has 0 aromatic heterocycles. The van der Waals surface area contributed by atoms with E-state index in [2.05, 4.69) is 111 Å². The molecule has 0 aliphatic carbocycles. The Morgan fingerprint density at radius 3 is 1.08 bits per heavy atom. The van der Waals surface area contributed by atoms with Crippen molar-refractivity contribution in [1.82, 2.24) is 0 Å². The summed E-state index contributed by atoms with van der Waals surface area (Å²) in [6, 6.07) is 33.6. The van der Waals surface area contributed by atoms with Gasteiger partial charge in [0.15, 0.2) is 0 Å². The lowest BCUT2D eigenvalue weighted by molar-refractivity contribution is 1.62. The Morgan fingerprint density at radius 2 is 0.840 bits per heavy atom. The van der Waals surface area contributed by atoms with Gasteiger partial charge in [0, 0.05) is 0 Å². The molecule has 0 aliphatic heterocycles. The zero-order valence-corrected chi connectivity index (χ0v) is 19.4. The third-order valence-corrected chi connectivity index (χ3v) is 13.5. The SMILES string of the molecule is C[Si](C)(C)C[P+](c1ccccc1)(c1ccccc1)c1ccccc1.I. The molecular formula is C22H27IPSi+. The van der Waals surface area contributed by atoms with Crippen LogP contribution in [0.4, 0.5) is 0 Å². The molecule has 3 aromatic carbocycles. The standard InChI is InChI=1S/C22H26PSi.HI/c1-24(2,3)19-23(20-13-7-4-8-14-20,21-15-9-5-10-16-21)22-17-11-6-12-18-22;/h4-18H,19H2,1-3H3;1H/q+1;. The Hall–Kier alpha value is -0.963. The third kappa shape index (κ3) is 4.61. The summed E-state index contributed by atoms with van der Waals surface area (Å²) < 4.78 is 0. The molecule has 0 radical (unpaired) electrons. The summed E-state index contributed by atoms with van der Waals surface area (Å²) in [5.74, 6) is 1.30. The summed E-state index contributed by atoms with van der Waals surface area (Å²) in [5, 5.41) is 4.51. The van der Waals surface area contributed by atoms with Gasteiger partial charge < -0.3 is 0 Å². The molecule has 3 aromatic rings. The van der Waals surface area contributed by atoms with Gasteiger partial charge in [0.25, 0.3) is 0 Å². The van der Waals surface area contributed by atoms with Crippen molar-refractivity contribution < 1.29 is 0 Å². The first-order valence-electron chi connectivity index (χ1n) is 8.57. The minimum absolute atomic E-state index is 0. The van der Waals surface area contributed by atoms with Crippen LogP contribution < -0.4 is 15.9 Å². The molecule has 3 heteroatoms. The van der Waals surface area contributed by atoms with Crippen LogP contribution in [-0.2, 0) is 0 Å². The summed E-state index contributed by atoms with van der Waals surface area (Å²) in [4.78, 5) is 0. The summed E-state index contributed by atoms with van der Waals surface area (Å²) in [7, 11) is -2.90. The molecule has 0 nitrogen and oxygen atoms in total. The fraction of sp³-hybridized carbons (Fsp3) is 0.182. The van der Waals surface area contributed by atoms with Crippen molar-refractivity contribution in [2.75, 3.05) is 5.79 Å². The van der Waals surface area contributed by atoms with E-state index in [9.17, 15) is 0 Å². The Balaban J connectivity index is 0.00000225. The van der Waals surface area contributed by atoms with Crippen molar-refractivity contribution in [2.24, 2.45) is 0 Å². The summed E-state index contributed by atoms with van der Waals surface area (Å²) in [6.45, 7) is 7.49. The number of rotatable bonds is 5. The van der Waals surface area contributed by atoms with Gasteiger partial charge in [-0.2, -0.15) is 0 Å². The number of hydrogen-bond donors (Lipinski definition) is 0. The summed E-state index contributed by atoms with van der Waals surface area (Å²) >= 11 is 0. The highest BCUT2D eigenvalue weighted by Crippen LogP contribution is 2.56. The summed E-state index contributed by atoms with van der Waals surface area (Å²) in [5.41, 5.74) is 0. The van der Waals surface area contributed by atoms with E-state index in [1.165, 1.54) is 21.7 Å². The lowest BCUT2D eigenvalue weighted by Gasteiger charge is -2.32. The first-order chi connectivity index (χ1) is 11.5. The molecule has 130 valence electrons. The van der Waals surface area contributed by atoms with Crippen molar-refractivity contribution in [2.45, 2.75) is 19.6 Å². The van der Waals surface area contributed by atoms with Gasteiger partial charge in [-0.1, -0.05) is 74.2 Å². The van der Waals surface area contributed by atoms with Crippen LogP contribution >= 0.6 is 31.2 Å². The van der Waals surface area contributed by atoms with E-state index in [1.807, 2.05) is 0 Å². The maximum absolute atomic E-state index is 2.50. The van der Waals surface area contributed by atoms with Crippen LogP contribution in [0.1, 0.15) is 0 Å². The maximum Gasteiger partial charge on any atom is 0.108 e. The summed E-state index contributed by atoms with van der Waals surface area (Å²) in [6.07, 6.45) is 0. The largest absolute Gasteiger partial charge is 0.108 e. The second kappa shape index (κ2) is 8.61. The van der Waals surface area contributed by atoms with E-state index < -0.39 is 15.3 Å². The molecule has 0 saturated heterocycles. The van der Waals surface area contributed by atoms with Gasteiger partial charge in [-0.25, -0.2) is 0 Å². The third-order valence-electron chi connectivity index (χ3n) is 4.30. The van der Waals surface area contributed by atoms with Crippen LogP contribution in [0.15, 0.2) is 91.0 Å². The molecule has 0 bridgehead atoms. The van der Waals surface area contributed by atoms with Crippen molar-refractivity contribution in [1.29, 1.82) is 0 Å². The normalized spacial score (nSPS) is 11.6. The van der Waals surface area contributed by atoms with E-state index >= 15 is 0 Å². The Kier molecular flexibility index (Phi) is 7.01. The highest BCUT2D eigenvalue weighted by Gasteiger charge is 2.48. The first-order valence-corrected chi connectivity index (χ1v) is 14.3. The van der Waals surface area contributed by atoms with Crippen molar-refractivity contribution in [3.05, 3.63) is 91.0 Å². The Morgan fingerprint density at radius 1 is 0.560 bits per heavy atom. The average molecular weight is 477 g/mol. The molecule has 0 saturated carbocycles. The molecule has 0 heterocycles. The van der Waals surface area contributed by atoms with E-state index in [-0.39, 0.29) is 24.0 Å². The van der Waals surface area contributed by atoms with Crippen LogP contribution in [0.2, 0.25) is 19.6 Å². The second-order valence-corrected chi connectivity index (χ2v) is 17.1. The monoisotopic (exact) mass is 477 g/mol. The maximum atomic E-state index is 2.50. The van der Waals surface area contributed by atoms with E-state index in [4.69, 9.17) is 0 Å². The van der Waals surface area contributed by atoms with Gasteiger partial charge in [-0.05, 0) is 36.4 Å². The minimum Gasteiger partial charge on any atom is -0.107 e. The van der Waals surface area contributed by atoms with Crippen molar-refractivity contribution >= 4 is 55.2 Å². The smallest absolute Gasteiger partial charge is 0.107 e. The first kappa shape index (κ1) is 20.4. The van der Waals surface area contributed by atoms with Crippen LogP contribution in [0.3, 0.4) is 0 Å². The lowest BCUT2D eigenvalue weighted by atomic mass is 10.4. The van der Waals surface area contributed by atoms with Gasteiger partial charge in [0.1, 0.15) is 23.2 Å². The zero-order valence-electron chi connectivity index (χ0n) is 15.2. The Bertz CT molecular complexity index is 671. The van der Waals surface area contributed by atoms with Crippen LogP contribution in [0.25, 0.3) is 0 Å². The molecule has 0 spiro atoms. The molecule has 0 N–H and O–H groups in total. The van der Waals surface area contributed by atoms with Crippen LogP contribution in [0, 0.1) is 0 Å². The van der Waals surface area contributed by atoms with Crippen LogP contribution in [-0.4, -0.2) is 13.9 Å². The highest BCUT2D eigenvalue weighted by atomic mass is 127. The highest BCUT2D eigenvalue weighted by molar-refractivity contribution is 14.0. The van der Waals surface area contributed by atoms with E-state index in [0.29, 0.717) is 0 Å². The van der Waals surface area contributed by atoms with Gasteiger partial charge in [-0.3, -0.25) is 0 Å². The van der Waals surface area contributed by atoms with Gasteiger partial charge in [-0.15, -0.1) is 24.0 Å². The lowest BCUT2D eigenvalue weighted by Crippen LogP contribution is -2.41. The second-order valence-electron chi connectivity index (χ2n) is 7.54. The average Bonchev–Trinajstić information content (AvgIpc) is 2.61. The molecule has 0 aliphatic rings. The predicted octanol–water partition coefficient (Wildman–Crippen LogP) is 5.48. The predicted molar refractivity (Wildman–Crippen MR) is 129 cm³/mol. The van der Waals surface area contributed by atoms with Crippen LogP contribution in [0.5, 0.6) is 0 Å².